The van der Waals surface area contributed by atoms with Gasteiger partial charge in [0.15, 0.2) is 0 Å². The first-order chi connectivity index (χ1) is 9.59. The van der Waals surface area contributed by atoms with E-state index in [1.54, 1.807) is 11.3 Å². The molecule has 1 atom stereocenters. The van der Waals surface area contributed by atoms with Crippen LogP contribution in [0.1, 0.15) is 16.0 Å². The van der Waals surface area contributed by atoms with Gasteiger partial charge < -0.3 is 0 Å². The van der Waals surface area contributed by atoms with E-state index in [2.05, 4.69) is 43.3 Å². The van der Waals surface area contributed by atoms with Gasteiger partial charge in [0.05, 0.1) is 4.83 Å². The Kier molecular flexibility index (Phi) is 4.44. The third kappa shape index (κ3) is 2.55. The highest BCUT2D eigenvalue weighted by Crippen LogP contribution is 2.44. The maximum Gasteiger partial charge on any atom is 0.0688 e. The fraction of sp³-hybridized carbons (Fsp3) is 0.0667. The molecule has 0 aliphatic heterocycles. The maximum absolute atomic E-state index is 6.30. The van der Waals surface area contributed by atoms with Crippen molar-refractivity contribution in [2.45, 2.75) is 4.83 Å². The van der Waals surface area contributed by atoms with Crippen LogP contribution in [-0.2, 0) is 0 Å². The zero-order valence-corrected chi connectivity index (χ0v) is 15.5. The molecular formula is C15H8Br2Cl2S. The summed E-state index contributed by atoms with van der Waals surface area (Å²) in [5, 5.41) is 4.71. The highest BCUT2D eigenvalue weighted by atomic mass is 79.9. The Hall–Kier alpha value is -0.0600. The van der Waals surface area contributed by atoms with Crippen LogP contribution in [0.15, 0.2) is 46.3 Å². The van der Waals surface area contributed by atoms with Crippen LogP contribution < -0.4 is 0 Å². The van der Waals surface area contributed by atoms with E-state index in [-0.39, 0.29) is 4.83 Å². The summed E-state index contributed by atoms with van der Waals surface area (Å²) in [7, 11) is 0. The van der Waals surface area contributed by atoms with Crippen molar-refractivity contribution in [2.24, 2.45) is 0 Å². The molecule has 0 fully saturated rings. The van der Waals surface area contributed by atoms with E-state index in [1.165, 1.54) is 15.6 Å². The van der Waals surface area contributed by atoms with E-state index in [0.29, 0.717) is 10.0 Å². The Morgan fingerprint density at radius 3 is 2.35 bits per heavy atom. The number of halogens is 4. The first kappa shape index (κ1) is 14.9. The number of hydrogen-bond donors (Lipinski definition) is 0. The molecule has 0 spiro atoms. The second kappa shape index (κ2) is 5.98. The van der Waals surface area contributed by atoms with Gasteiger partial charge in [-0.15, -0.1) is 11.3 Å². The quantitative estimate of drug-likeness (QED) is 0.355. The summed E-state index contributed by atoms with van der Waals surface area (Å²) < 4.78 is 2.34. The van der Waals surface area contributed by atoms with Gasteiger partial charge in [-0.3, -0.25) is 0 Å². The van der Waals surface area contributed by atoms with E-state index < -0.39 is 0 Å². The summed E-state index contributed by atoms with van der Waals surface area (Å²) in [5.41, 5.74) is 2.09. The van der Waals surface area contributed by atoms with Gasteiger partial charge in [0.1, 0.15) is 0 Å². The minimum atomic E-state index is -0.0215. The molecule has 3 aromatic rings. The van der Waals surface area contributed by atoms with Crippen molar-refractivity contribution < 1.29 is 0 Å². The maximum atomic E-state index is 6.30. The number of benzene rings is 2. The molecule has 0 radical (unpaired) electrons. The number of hydrogen-bond acceptors (Lipinski definition) is 1. The Balaban J connectivity index is 2.18. The molecule has 0 aliphatic rings. The Morgan fingerprint density at radius 1 is 1.00 bits per heavy atom. The van der Waals surface area contributed by atoms with Crippen LogP contribution in [0.4, 0.5) is 0 Å². The first-order valence-electron chi connectivity index (χ1n) is 5.83. The van der Waals surface area contributed by atoms with Crippen LogP contribution in [0.3, 0.4) is 0 Å². The Bertz CT molecular complexity index is 762. The van der Waals surface area contributed by atoms with Gasteiger partial charge in [-0.25, -0.2) is 0 Å². The number of thiophene rings is 1. The second-order valence-corrected chi connectivity index (χ2v) is 7.77. The van der Waals surface area contributed by atoms with Crippen LogP contribution in [0.5, 0.6) is 0 Å². The Labute approximate surface area is 148 Å². The van der Waals surface area contributed by atoms with Crippen LogP contribution in [0, 0.1) is 0 Å². The normalized spacial score (nSPS) is 12.8. The minimum Gasteiger partial charge on any atom is -0.142 e. The first-order valence-corrected chi connectivity index (χ1v) is 9.17. The summed E-state index contributed by atoms with van der Waals surface area (Å²) in [6.45, 7) is 0. The Morgan fingerprint density at radius 2 is 1.65 bits per heavy atom. The van der Waals surface area contributed by atoms with Crippen LogP contribution in [0.2, 0.25) is 10.0 Å². The monoisotopic (exact) mass is 448 g/mol. The molecule has 1 aromatic heterocycles. The zero-order chi connectivity index (χ0) is 14.3. The average Bonchev–Trinajstić information content (AvgIpc) is 2.83. The second-order valence-electron chi connectivity index (χ2n) is 4.31. The standard InChI is InChI=1S/C15H8Br2Cl2S/c16-10-4-1-3-8-9(7-20-15(8)10)14(17)13-11(18)5-2-6-12(13)19/h1-7,14H. The molecule has 2 aromatic carbocycles. The van der Waals surface area contributed by atoms with E-state index in [9.17, 15) is 0 Å². The summed E-state index contributed by atoms with van der Waals surface area (Å²) in [6.07, 6.45) is 0. The molecule has 102 valence electrons. The topological polar surface area (TPSA) is 0 Å². The number of alkyl halides is 1. The molecule has 0 saturated carbocycles. The SMILES string of the molecule is Clc1cccc(Cl)c1C(Br)c1csc2c(Br)cccc12. The third-order valence-corrected chi connectivity index (χ3v) is 6.69. The fourth-order valence-electron chi connectivity index (χ4n) is 2.15. The van der Waals surface area contributed by atoms with Crippen molar-refractivity contribution in [1.29, 1.82) is 0 Å². The van der Waals surface area contributed by atoms with Gasteiger partial charge in [-0.05, 0) is 50.5 Å². The summed E-state index contributed by atoms with van der Waals surface area (Å²) >= 11 is 21.6. The van der Waals surface area contributed by atoms with Crippen molar-refractivity contribution in [3.05, 3.63) is 67.4 Å². The zero-order valence-electron chi connectivity index (χ0n) is 10.0. The van der Waals surface area contributed by atoms with Crippen molar-refractivity contribution in [1.82, 2.24) is 0 Å². The molecule has 5 heteroatoms. The van der Waals surface area contributed by atoms with E-state index in [0.717, 1.165) is 10.0 Å². The van der Waals surface area contributed by atoms with E-state index in [1.807, 2.05) is 30.3 Å². The molecule has 0 N–H and O–H groups in total. The number of fused-ring (bicyclic) bond motifs is 1. The molecule has 1 heterocycles. The summed E-state index contributed by atoms with van der Waals surface area (Å²) in [5.74, 6) is 0. The van der Waals surface area contributed by atoms with Crippen LogP contribution >= 0.6 is 66.4 Å². The molecule has 0 amide bonds. The average molecular weight is 451 g/mol. The molecule has 3 rings (SSSR count). The molecule has 1 unspecified atom stereocenters. The predicted octanol–water partition coefficient (Wildman–Crippen LogP) is 7.45. The molecular weight excluding hydrogens is 443 g/mol. The minimum absolute atomic E-state index is 0.0215. The van der Waals surface area contributed by atoms with E-state index >= 15 is 0 Å². The largest absolute Gasteiger partial charge is 0.142 e. The highest BCUT2D eigenvalue weighted by molar-refractivity contribution is 9.10. The van der Waals surface area contributed by atoms with Gasteiger partial charge >= 0.3 is 0 Å². The third-order valence-electron chi connectivity index (χ3n) is 3.11. The number of rotatable bonds is 2. The summed E-state index contributed by atoms with van der Waals surface area (Å²) in [6, 6.07) is 11.8. The molecule has 0 aliphatic carbocycles. The molecule has 20 heavy (non-hydrogen) atoms. The van der Waals surface area contributed by atoms with Crippen LogP contribution in [0.25, 0.3) is 10.1 Å². The lowest BCUT2D eigenvalue weighted by molar-refractivity contribution is 1.21. The van der Waals surface area contributed by atoms with Gasteiger partial charge in [-0.1, -0.05) is 57.3 Å². The molecule has 0 nitrogen and oxygen atoms in total. The summed E-state index contributed by atoms with van der Waals surface area (Å²) in [4.78, 5) is -0.0215. The fourth-order valence-corrected chi connectivity index (χ4v) is 5.72. The molecule has 0 bridgehead atoms. The lowest BCUT2D eigenvalue weighted by atomic mass is 10.0. The molecule has 0 saturated heterocycles. The highest BCUT2D eigenvalue weighted by Gasteiger charge is 2.20. The predicted molar refractivity (Wildman–Crippen MR) is 96.8 cm³/mol. The van der Waals surface area contributed by atoms with Crippen molar-refractivity contribution in [3.63, 3.8) is 0 Å². The van der Waals surface area contributed by atoms with Gasteiger partial charge in [-0.2, -0.15) is 0 Å². The van der Waals surface area contributed by atoms with Gasteiger partial charge in [0, 0.05) is 24.8 Å². The smallest absolute Gasteiger partial charge is 0.0688 e. The lowest BCUT2D eigenvalue weighted by Gasteiger charge is -2.13. The van der Waals surface area contributed by atoms with Gasteiger partial charge in [0.2, 0.25) is 0 Å². The van der Waals surface area contributed by atoms with Crippen molar-refractivity contribution >= 4 is 76.5 Å². The van der Waals surface area contributed by atoms with Crippen molar-refractivity contribution in [2.75, 3.05) is 0 Å². The van der Waals surface area contributed by atoms with E-state index in [4.69, 9.17) is 23.2 Å². The van der Waals surface area contributed by atoms with Crippen LogP contribution in [-0.4, -0.2) is 0 Å². The lowest BCUT2D eigenvalue weighted by Crippen LogP contribution is -1.94. The van der Waals surface area contributed by atoms with Gasteiger partial charge in [0.25, 0.3) is 0 Å². The van der Waals surface area contributed by atoms with Crippen molar-refractivity contribution in [3.8, 4) is 0 Å².